The van der Waals surface area contributed by atoms with Gasteiger partial charge in [-0.25, -0.2) is 4.39 Å². The van der Waals surface area contributed by atoms with E-state index in [9.17, 15) is 9.50 Å². The number of aliphatic hydroxyl groups is 1. The Labute approximate surface area is 106 Å². The minimum Gasteiger partial charge on any atom is -0.393 e. The molecule has 4 heteroatoms. The second-order valence-corrected chi connectivity index (χ2v) is 4.79. The van der Waals surface area contributed by atoms with Crippen molar-refractivity contribution >= 4 is 5.69 Å². The summed E-state index contributed by atoms with van der Waals surface area (Å²) in [5.74, 6) is -0.190. The third kappa shape index (κ3) is 2.99. The van der Waals surface area contributed by atoms with Gasteiger partial charge in [0.25, 0.3) is 0 Å². The van der Waals surface area contributed by atoms with E-state index < -0.39 is 5.82 Å². The highest BCUT2D eigenvalue weighted by atomic mass is 19.1. The van der Waals surface area contributed by atoms with Gasteiger partial charge in [0.1, 0.15) is 11.9 Å². The fraction of sp³-hybridized carbons (Fsp3) is 0.500. The highest BCUT2D eigenvalue weighted by Crippen LogP contribution is 2.25. The number of nitriles is 1. The number of hydrogen-bond acceptors (Lipinski definition) is 3. The van der Waals surface area contributed by atoms with E-state index in [4.69, 9.17) is 5.26 Å². The van der Waals surface area contributed by atoms with Gasteiger partial charge in [-0.05, 0) is 31.0 Å². The zero-order chi connectivity index (χ0) is 13.0. The Balaban J connectivity index is 1.99. The molecule has 0 aliphatic heterocycles. The van der Waals surface area contributed by atoms with Gasteiger partial charge < -0.3 is 10.4 Å². The summed E-state index contributed by atoms with van der Waals surface area (Å²) in [6.45, 7) is 0.626. The summed E-state index contributed by atoms with van der Waals surface area (Å²) < 4.78 is 13.0. The number of nitrogens with one attached hydrogen (secondary N) is 1. The molecular weight excluding hydrogens is 231 g/mol. The molecule has 1 aromatic rings. The summed E-state index contributed by atoms with van der Waals surface area (Å²) in [5, 5.41) is 21.9. The van der Waals surface area contributed by atoms with Gasteiger partial charge in [0.2, 0.25) is 0 Å². The van der Waals surface area contributed by atoms with Crippen molar-refractivity contribution in [2.24, 2.45) is 5.92 Å². The van der Waals surface area contributed by atoms with Crippen LogP contribution in [-0.4, -0.2) is 17.8 Å². The van der Waals surface area contributed by atoms with E-state index in [1.807, 2.05) is 6.07 Å². The molecule has 3 nitrogen and oxygen atoms in total. The van der Waals surface area contributed by atoms with Crippen molar-refractivity contribution in [2.45, 2.75) is 31.8 Å². The predicted octanol–water partition coefficient (Wildman–Crippen LogP) is 2.66. The summed E-state index contributed by atoms with van der Waals surface area (Å²) in [7, 11) is 0. The van der Waals surface area contributed by atoms with Crippen LogP contribution in [0.1, 0.15) is 31.2 Å². The Morgan fingerprint density at radius 3 is 2.89 bits per heavy atom. The van der Waals surface area contributed by atoms with E-state index >= 15 is 0 Å². The largest absolute Gasteiger partial charge is 0.393 e. The molecule has 2 rings (SSSR count). The van der Waals surface area contributed by atoms with Crippen molar-refractivity contribution in [3.05, 3.63) is 29.6 Å². The van der Waals surface area contributed by atoms with Crippen LogP contribution in [0, 0.1) is 23.1 Å². The number of anilines is 1. The van der Waals surface area contributed by atoms with Gasteiger partial charge in [-0.15, -0.1) is 0 Å². The minimum atomic E-state index is -0.408. The van der Waals surface area contributed by atoms with Crippen LogP contribution in [0.4, 0.5) is 10.1 Å². The molecule has 1 aliphatic rings. The van der Waals surface area contributed by atoms with Crippen LogP contribution in [0.3, 0.4) is 0 Å². The van der Waals surface area contributed by atoms with Crippen LogP contribution in [0.2, 0.25) is 0 Å². The average molecular weight is 248 g/mol. The van der Waals surface area contributed by atoms with Crippen LogP contribution < -0.4 is 5.32 Å². The molecular formula is C14H17FN2O. The third-order valence-electron chi connectivity index (χ3n) is 3.53. The Hall–Kier alpha value is -1.60. The molecule has 0 amide bonds. The van der Waals surface area contributed by atoms with E-state index in [1.165, 1.54) is 12.1 Å². The standard InChI is InChI=1S/C14H17FN2O/c15-12-5-6-13(11(7-12)8-16)17-9-10-3-1-2-4-14(10)18/h5-7,10,14,17-18H,1-4,9H2. The molecule has 1 aliphatic carbocycles. The maximum absolute atomic E-state index is 13.0. The molecule has 18 heavy (non-hydrogen) atoms. The number of halogens is 1. The van der Waals surface area contributed by atoms with Crippen molar-refractivity contribution in [3.63, 3.8) is 0 Å². The van der Waals surface area contributed by atoms with Gasteiger partial charge in [0.15, 0.2) is 0 Å². The first-order valence-corrected chi connectivity index (χ1v) is 6.32. The lowest BCUT2D eigenvalue weighted by molar-refractivity contribution is 0.0763. The van der Waals surface area contributed by atoms with Crippen LogP contribution in [0.25, 0.3) is 0 Å². The van der Waals surface area contributed by atoms with Gasteiger partial charge in [0, 0.05) is 12.5 Å². The van der Waals surface area contributed by atoms with Gasteiger partial charge in [-0.2, -0.15) is 5.26 Å². The molecule has 96 valence electrons. The summed E-state index contributed by atoms with van der Waals surface area (Å²) in [6.07, 6.45) is 3.80. The number of rotatable bonds is 3. The van der Waals surface area contributed by atoms with Gasteiger partial charge in [-0.1, -0.05) is 12.8 Å². The molecule has 1 fully saturated rings. The first-order valence-electron chi connectivity index (χ1n) is 6.32. The summed E-state index contributed by atoms with van der Waals surface area (Å²) >= 11 is 0. The van der Waals surface area contributed by atoms with Crippen LogP contribution in [0.5, 0.6) is 0 Å². The molecule has 0 aromatic heterocycles. The molecule has 0 heterocycles. The highest BCUT2D eigenvalue weighted by molar-refractivity contribution is 5.57. The smallest absolute Gasteiger partial charge is 0.124 e. The topological polar surface area (TPSA) is 56.0 Å². The fourth-order valence-corrected chi connectivity index (χ4v) is 2.43. The molecule has 0 saturated heterocycles. The van der Waals surface area contributed by atoms with Gasteiger partial charge in [-0.3, -0.25) is 0 Å². The van der Waals surface area contributed by atoms with Crippen molar-refractivity contribution in [3.8, 4) is 6.07 Å². The third-order valence-corrected chi connectivity index (χ3v) is 3.53. The second-order valence-electron chi connectivity index (χ2n) is 4.79. The Morgan fingerprint density at radius 1 is 1.39 bits per heavy atom. The van der Waals surface area contributed by atoms with Crippen LogP contribution in [-0.2, 0) is 0 Å². The molecule has 1 saturated carbocycles. The Kier molecular flexibility index (Phi) is 4.16. The van der Waals surface area contributed by atoms with E-state index in [-0.39, 0.29) is 12.0 Å². The van der Waals surface area contributed by atoms with Gasteiger partial charge >= 0.3 is 0 Å². The van der Waals surface area contributed by atoms with Crippen molar-refractivity contribution in [1.29, 1.82) is 5.26 Å². The molecule has 2 N–H and O–H groups in total. The molecule has 2 unspecified atom stereocenters. The molecule has 0 radical (unpaired) electrons. The van der Waals surface area contributed by atoms with E-state index in [1.54, 1.807) is 6.07 Å². The lowest BCUT2D eigenvalue weighted by Gasteiger charge is -2.28. The minimum absolute atomic E-state index is 0.218. The normalized spacial score (nSPS) is 23.4. The number of hydrogen-bond donors (Lipinski definition) is 2. The SMILES string of the molecule is N#Cc1cc(F)ccc1NCC1CCCCC1O. The van der Waals surface area contributed by atoms with Crippen molar-refractivity contribution in [2.75, 3.05) is 11.9 Å². The molecule has 0 bridgehead atoms. The molecule has 0 spiro atoms. The molecule has 2 atom stereocenters. The zero-order valence-electron chi connectivity index (χ0n) is 10.2. The number of benzene rings is 1. The van der Waals surface area contributed by atoms with Gasteiger partial charge in [0.05, 0.1) is 17.4 Å². The zero-order valence-corrected chi connectivity index (χ0v) is 10.2. The first-order chi connectivity index (χ1) is 8.70. The summed E-state index contributed by atoms with van der Waals surface area (Å²) in [5.41, 5.74) is 0.942. The Morgan fingerprint density at radius 2 is 2.17 bits per heavy atom. The predicted molar refractivity (Wildman–Crippen MR) is 67.6 cm³/mol. The maximum atomic E-state index is 13.0. The highest BCUT2D eigenvalue weighted by Gasteiger charge is 2.22. The lowest BCUT2D eigenvalue weighted by Crippen LogP contribution is -2.30. The summed E-state index contributed by atoms with van der Waals surface area (Å²) in [4.78, 5) is 0. The lowest BCUT2D eigenvalue weighted by atomic mass is 9.86. The molecule has 1 aromatic carbocycles. The Bertz CT molecular complexity index is 456. The first kappa shape index (κ1) is 12.8. The van der Waals surface area contributed by atoms with E-state index in [0.29, 0.717) is 17.8 Å². The van der Waals surface area contributed by atoms with Crippen molar-refractivity contribution in [1.82, 2.24) is 0 Å². The van der Waals surface area contributed by atoms with Crippen LogP contribution in [0.15, 0.2) is 18.2 Å². The van der Waals surface area contributed by atoms with Crippen LogP contribution >= 0.6 is 0 Å². The monoisotopic (exact) mass is 248 g/mol. The number of nitrogens with zero attached hydrogens (tertiary/aromatic N) is 1. The second kappa shape index (κ2) is 5.83. The average Bonchev–Trinajstić information content (AvgIpc) is 2.39. The van der Waals surface area contributed by atoms with E-state index in [2.05, 4.69) is 5.32 Å². The number of aliphatic hydroxyl groups excluding tert-OH is 1. The van der Waals surface area contributed by atoms with Crippen molar-refractivity contribution < 1.29 is 9.50 Å². The fourth-order valence-electron chi connectivity index (χ4n) is 2.43. The quantitative estimate of drug-likeness (QED) is 0.864. The maximum Gasteiger partial charge on any atom is 0.124 e. The summed E-state index contributed by atoms with van der Waals surface area (Å²) in [6, 6.07) is 6.10. The van der Waals surface area contributed by atoms with E-state index in [0.717, 1.165) is 25.7 Å².